The van der Waals surface area contributed by atoms with Crippen LogP contribution in [-0.2, 0) is 0 Å². The first kappa shape index (κ1) is 14.3. The fraction of sp³-hybridized carbons (Fsp3) is 0.222. The average Bonchev–Trinajstić information content (AvgIpc) is 2.98. The molecule has 0 amide bonds. The lowest BCUT2D eigenvalue weighted by molar-refractivity contribution is 0.484. The van der Waals surface area contributed by atoms with Crippen molar-refractivity contribution in [3.8, 4) is 0 Å². The van der Waals surface area contributed by atoms with Crippen LogP contribution in [0.2, 0.25) is 0 Å². The number of hydrogen-bond donors (Lipinski definition) is 1. The first-order valence-corrected chi connectivity index (χ1v) is 7.38. The summed E-state index contributed by atoms with van der Waals surface area (Å²) in [5, 5.41) is 8.97. The fourth-order valence-corrected chi connectivity index (χ4v) is 2.66. The monoisotopic (exact) mass is 290 g/mol. The Bertz CT molecular complexity index is 799. The lowest BCUT2D eigenvalue weighted by atomic mass is 10.0. The van der Waals surface area contributed by atoms with Crippen LogP contribution in [0.15, 0.2) is 54.7 Å². The van der Waals surface area contributed by atoms with Gasteiger partial charge in [-0.15, -0.1) is 0 Å². The van der Waals surface area contributed by atoms with E-state index >= 15 is 0 Å². The van der Waals surface area contributed by atoms with E-state index in [4.69, 9.17) is 11.7 Å². The van der Waals surface area contributed by atoms with Crippen LogP contribution in [0.3, 0.4) is 0 Å². The molecule has 1 heterocycles. The van der Waals surface area contributed by atoms with Gasteiger partial charge in [0.2, 0.25) is 0 Å². The summed E-state index contributed by atoms with van der Waals surface area (Å²) in [6.07, 6.45) is 3.03. The zero-order valence-corrected chi connectivity index (χ0v) is 12.5. The number of benzene rings is 2. The van der Waals surface area contributed by atoms with Gasteiger partial charge in [0.15, 0.2) is 5.69 Å². The van der Waals surface area contributed by atoms with Crippen molar-refractivity contribution in [1.82, 2.24) is 15.1 Å². The third-order valence-corrected chi connectivity index (χ3v) is 3.81. The molecule has 0 saturated carbocycles. The van der Waals surface area contributed by atoms with Crippen LogP contribution in [0.5, 0.6) is 0 Å². The lowest BCUT2D eigenvalue weighted by Gasteiger charge is -2.18. The molecule has 4 nitrogen and oxygen atoms in total. The van der Waals surface area contributed by atoms with E-state index in [9.17, 15) is 0 Å². The van der Waals surface area contributed by atoms with Crippen LogP contribution in [-0.4, -0.2) is 23.4 Å². The van der Waals surface area contributed by atoms with Crippen LogP contribution < -0.4 is 5.32 Å². The lowest BCUT2D eigenvalue weighted by Crippen LogP contribution is -2.18. The molecule has 110 valence electrons. The highest BCUT2D eigenvalue weighted by molar-refractivity contribution is 5.82. The highest BCUT2D eigenvalue weighted by Crippen LogP contribution is 2.25. The quantitative estimate of drug-likeness (QED) is 0.725. The van der Waals surface area contributed by atoms with E-state index in [0.29, 0.717) is 5.69 Å². The first-order chi connectivity index (χ1) is 10.8. The molecule has 1 aromatic heterocycles. The Morgan fingerprint density at radius 1 is 1.23 bits per heavy atom. The summed E-state index contributed by atoms with van der Waals surface area (Å²) in [7, 11) is 1.96. The molecule has 0 bridgehead atoms. The van der Waals surface area contributed by atoms with Gasteiger partial charge >= 0.3 is 0 Å². The summed E-state index contributed by atoms with van der Waals surface area (Å²) >= 11 is 0. The maximum atomic E-state index is 7.12. The molecular formula is C18H18N4. The van der Waals surface area contributed by atoms with Crippen LogP contribution in [0.25, 0.3) is 15.7 Å². The minimum Gasteiger partial charge on any atom is -0.320 e. The number of nitrogens with zero attached hydrogens (tertiary/aromatic N) is 3. The van der Waals surface area contributed by atoms with Crippen LogP contribution in [0.4, 0.5) is 5.69 Å². The number of nitrogens with one attached hydrogen (secondary N) is 1. The summed E-state index contributed by atoms with van der Waals surface area (Å²) in [5.41, 5.74) is 2.75. The molecule has 1 atom stereocenters. The van der Waals surface area contributed by atoms with E-state index in [1.807, 2.05) is 36.0 Å². The molecule has 4 heteroatoms. The van der Waals surface area contributed by atoms with Gasteiger partial charge in [0.25, 0.3) is 0 Å². The van der Waals surface area contributed by atoms with Gasteiger partial charge in [0.1, 0.15) is 0 Å². The van der Waals surface area contributed by atoms with E-state index in [2.05, 4.69) is 40.6 Å². The van der Waals surface area contributed by atoms with Gasteiger partial charge in [-0.3, -0.25) is 4.68 Å². The molecule has 0 aliphatic rings. The van der Waals surface area contributed by atoms with Crippen molar-refractivity contribution >= 4 is 16.6 Å². The largest absolute Gasteiger partial charge is 0.320 e. The van der Waals surface area contributed by atoms with Gasteiger partial charge in [-0.2, -0.15) is 5.10 Å². The third kappa shape index (κ3) is 2.85. The molecular weight excluding hydrogens is 272 g/mol. The molecule has 0 aliphatic heterocycles. The zero-order chi connectivity index (χ0) is 15.4. The topological polar surface area (TPSA) is 34.2 Å². The number of hydrogen-bond acceptors (Lipinski definition) is 2. The SMILES string of the molecule is [C-]#[N+]c1ccc2cn(C(CCNC)c3ccccc3)nc2c1. The smallest absolute Gasteiger partial charge is 0.189 e. The van der Waals surface area contributed by atoms with Crippen molar-refractivity contribution in [2.75, 3.05) is 13.6 Å². The third-order valence-electron chi connectivity index (χ3n) is 3.81. The van der Waals surface area contributed by atoms with Crippen molar-refractivity contribution < 1.29 is 0 Å². The molecule has 3 aromatic rings. The van der Waals surface area contributed by atoms with E-state index in [1.165, 1.54) is 5.56 Å². The average molecular weight is 290 g/mol. The summed E-state index contributed by atoms with van der Waals surface area (Å²) in [5.74, 6) is 0. The minimum absolute atomic E-state index is 0.192. The second-order valence-electron chi connectivity index (χ2n) is 5.28. The minimum atomic E-state index is 0.192. The summed E-state index contributed by atoms with van der Waals surface area (Å²) in [4.78, 5) is 3.47. The van der Waals surface area contributed by atoms with E-state index in [0.717, 1.165) is 23.9 Å². The van der Waals surface area contributed by atoms with Gasteiger partial charge in [-0.1, -0.05) is 42.5 Å². The Morgan fingerprint density at radius 3 is 2.77 bits per heavy atom. The van der Waals surface area contributed by atoms with Crippen molar-refractivity contribution in [1.29, 1.82) is 0 Å². The van der Waals surface area contributed by atoms with Crippen molar-refractivity contribution in [3.63, 3.8) is 0 Å². The zero-order valence-electron chi connectivity index (χ0n) is 12.5. The highest BCUT2D eigenvalue weighted by Gasteiger charge is 2.15. The summed E-state index contributed by atoms with van der Waals surface area (Å²) < 4.78 is 2.02. The Kier molecular flexibility index (Phi) is 4.17. The molecule has 2 aromatic carbocycles. The molecule has 0 saturated heterocycles. The van der Waals surface area contributed by atoms with Crippen LogP contribution >= 0.6 is 0 Å². The maximum Gasteiger partial charge on any atom is 0.189 e. The predicted octanol–water partition coefficient (Wildman–Crippen LogP) is 3.79. The second-order valence-corrected chi connectivity index (χ2v) is 5.28. The van der Waals surface area contributed by atoms with Gasteiger partial charge < -0.3 is 5.32 Å². The van der Waals surface area contributed by atoms with Crippen molar-refractivity contribution in [2.24, 2.45) is 0 Å². The van der Waals surface area contributed by atoms with Gasteiger partial charge in [-0.05, 0) is 31.6 Å². The molecule has 0 aliphatic carbocycles. The second kappa shape index (κ2) is 6.42. The molecule has 1 N–H and O–H groups in total. The molecule has 3 rings (SSSR count). The standard InChI is InChI=1S/C18H18N4/c1-19-11-10-18(14-6-4-3-5-7-14)22-13-15-8-9-16(20-2)12-17(15)21-22/h3-9,12-13,18-19H,10-11H2,1H3. The van der Waals surface area contributed by atoms with Crippen LogP contribution in [0, 0.1) is 6.57 Å². The van der Waals surface area contributed by atoms with E-state index in [-0.39, 0.29) is 6.04 Å². The number of aromatic nitrogens is 2. The van der Waals surface area contributed by atoms with E-state index < -0.39 is 0 Å². The molecule has 0 spiro atoms. The fourth-order valence-electron chi connectivity index (χ4n) is 2.66. The van der Waals surface area contributed by atoms with Crippen LogP contribution in [0.1, 0.15) is 18.0 Å². The maximum absolute atomic E-state index is 7.12. The van der Waals surface area contributed by atoms with Crippen molar-refractivity contribution in [2.45, 2.75) is 12.5 Å². The molecule has 0 radical (unpaired) electrons. The van der Waals surface area contributed by atoms with Gasteiger partial charge in [-0.25, -0.2) is 4.85 Å². The number of fused-ring (bicyclic) bond motifs is 1. The highest BCUT2D eigenvalue weighted by atomic mass is 15.3. The molecule has 0 fully saturated rings. The van der Waals surface area contributed by atoms with Crippen molar-refractivity contribution in [3.05, 3.63) is 71.7 Å². The Labute approximate surface area is 130 Å². The first-order valence-electron chi connectivity index (χ1n) is 7.38. The summed E-state index contributed by atoms with van der Waals surface area (Å²) in [6.45, 7) is 8.04. The Balaban J connectivity index is 2.02. The van der Waals surface area contributed by atoms with E-state index in [1.54, 1.807) is 0 Å². The molecule has 1 unspecified atom stereocenters. The Morgan fingerprint density at radius 2 is 2.05 bits per heavy atom. The van der Waals surface area contributed by atoms with Gasteiger partial charge in [0, 0.05) is 11.6 Å². The normalized spacial score (nSPS) is 12.2. The Hall–Kier alpha value is -2.64. The molecule has 22 heavy (non-hydrogen) atoms. The number of rotatable bonds is 5. The summed E-state index contributed by atoms with van der Waals surface area (Å²) in [6, 6.07) is 16.3. The van der Waals surface area contributed by atoms with Gasteiger partial charge in [0.05, 0.1) is 18.1 Å². The predicted molar refractivity (Wildman–Crippen MR) is 89.1 cm³/mol.